The smallest absolute Gasteiger partial charge is 0.235 e. The maximum Gasteiger partial charge on any atom is 0.235 e. The molecule has 1 aromatic rings. The number of carbonyl (C=O) groups excluding carboxylic acids is 1. The Labute approximate surface area is 94.6 Å². The van der Waals surface area contributed by atoms with E-state index in [9.17, 15) is 4.79 Å². The molecule has 80 valence electrons. The molecular weight excluding hydrogens is 210 g/mol. The second-order valence-electron chi connectivity index (χ2n) is 3.82. The fourth-order valence-electron chi connectivity index (χ4n) is 2.11. The SMILES string of the molecule is O=C(CCl)NCc1cccc2c1CCC2. The maximum absolute atomic E-state index is 11.0. The van der Waals surface area contributed by atoms with Crippen molar-refractivity contribution in [3.8, 4) is 0 Å². The molecule has 0 unspecified atom stereocenters. The van der Waals surface area contributed by atoms with Gasteiger partial charge in [0.1, 0.15) is 5.88 Å². The molecule has 0 heterocycles. The number of carbonyl (C=O) groups is 1. The Morgan fingerprint density at radius 1 is 1.40 bits per heavy atom. The number of halogens is 1. The average molecular weight is 224 g/mol. The molecule has 0 bridgehead atoms. The van der Waals surface area contributed by atoms with Gasteiger partial charge in [0.15, 0.2) is 0 Å². The summed E-state index contributed by atoms with van der Waals surface area (Å²) >= 11 is 5.42. The zero-order valence-corrected chi connectivity index (χ0v) is 9.31. The third kappa shape index (κ3) is 2.32. The van der Waals surface area contributed by atoms with Gasteiger partial charge >= 0.3 is 0 Å². The number of amides is 1. The number of rotatable bonds is 3. The highest BCUT2D eigenvalue weighted by molar-refractivity contribution is 6.27. The van der Waals surface area contributed by atoms with E-state index >= 15 is 0 Å². The number of nitrogens with one attached hydrogen (secondary N) is 1. The first-order chi connectivity index (χ1) is 7.31. The monoisotopic (exact) mass is 223 g/mol. The lowest BCUT2D eigenvalue weighted by Crippen LogP contribution is -2.24. The highest BCUT2D eigenvalue weighted by Gasteiger charge is 2.14. The van der Waals surface area contributed by atoms with Crippen molar-refractivity contribution in [1.29, 1.82) is 0 Å². The second-order valence-corrected chi connectivity index (χ2v) is 4.09. The van der Waals surface area contributed by atoms with E-state index in [4.69, 9.17) is 11.6 Å². The van der Waals surface area contributed by atoms with E-state index in [0.29, 0.717) is 6.54 Å². The van der Waals surface area contributed by atoms with Crippen LogP contribution in [0.2, 0.25) is 0 Å². The van der Waals surface area contributed by atoms with Crippen LogP contribution in [0.25, 0.3) is 0 Å². The largest absolute Gasteiger partial charge is 0.351 e. The molecule has 0 saturated carbocycles. The molecule has 0 radical (unpaired) electrons. The lowest BCUT2D eigenvalue weighted by molar-refractivity contribution is -0.118. The second kappa shape index (κ2) is 4.67. The van der Waals surface area contributed by atoms with Crippen molar-refractivity contribution in [3.63, 3.8) is 0 Å². The molecule has 3 heteroatoms. The molecule has 1 aliphatic rings. The van der Waals surface area contributed by atoms with Crippen LogP contribution in [0.4, 0.5) is 0 Å². The number of aryl methyl sites for hydroxylation is 1. The molecule has 0 aromatic heterocycles. The van der Waals surface area contributed by atoms with Gasteiger partial charge in [-0.3, -0.25) is 4.79 Å². The molecule has 1 N–H and O–H groups in total. The number of alkyl halides is 1. The topological polar surface area (TPSA) is 29.1 Å². The molecular formula is C12H14ClNO. The Balaban J connectivity index is 2.09. The predicted molar refractivity (Wildman–Crippen MR) is 61.0 cm³/mol. The van der Waals surface area contributed by atoms with Crippen molar-refractivity contribution in [2.75, 3.05) is 5.88 Å². The fraction of sp³-hybridized carbons (Fsp3) is 0.417. The number of benzene rings is 1. The Bertz CT molecular complexity index is 376. The standard InChI is InChI=1S/C12H14ClNO/c13-7-12(15)14-8-10-5-1-3-9-4-2-6-11(9)10/h1,3,5H,2,4,6-8H2,(H,14,15). The van der Waals surface area contributed by atoms with Crippen LogP contribution in [-0.4, -0.2) is 11.8 Å². The van der Waals surface area contributed by atoms with Crippen molar-refractivity contribution in [3.05, 3.63) is 34.9 Å². The van der Waals surface area contributed by atoms with Crippen LogP contribution in [0, 0.1) is 0 Å². The lowest BCUT2D eigenvalue weighted by atomic mass is 10.0. The summed E-state index contributed by atoms with van der Waals surface area (Å²) in [7, 11) is 0. The quantitative estimate of drug-likeness (QED) is 0.781. The van der Waals surface area contributed by atoms with E-state index in [1.807, 2.05) is 0 Å². The molecule has 0 saturated heterocycles. The summed E-state index contributed by atoms with van der Waals surface area (Å²) < 4.78 is 0. The Hall–Kier alpha value is -1.02. The van der Waals surface area contributed by atoms with Gasteiger partial charge < -0.3 is 5.32 Å². The minimum atomic E-state index is -0.104. The summed E-state index contributed by atoms with van der Waals surface area (Å²) in [5.41, 5.74) is 4.10. The molecule has 0 spiro atoms. The minimum absolute atomic E-state index is 0.0367. The van der Waals surface area contributed by atoms with Crippen molar-refractivity contribution < 1.29 is 4.79 Å². The minimum Gasteiger partial charge on any atom is -0.351 e. The van der Waals surface area contributed by atoms with Gasteiger partial charge in [-0.1, -0.05) is 18.2 Å². The molecule has 2 rings (SSSR count). The normalized spacial score (nSPS) is 13.7. The van der Waals surface area contributed by atoms with Gasteiger partial charge in [0, 0.05) is 6.54 Å². The van der Waals surface area contributed by atoms with E-state index in [1.165, 1.54) is 29.5 Å². The number of fused-ring (bicyclic) bond motifs is 1. The van der Waals surface area contributed by atoms with Crippen LogP contribution < -0.4 is 5.32 Å². The van der Waals surface area contributed by atoms with Gasteiger partial charge in [0.25, 0.3) is 0 Å². The first-order valence-electron chi connectivity index (χ1n) is 5.23. The number of hydrogen-bond donors (Lipinski definition) is 1. The Morgan fingerprint density at radius 3 is 3.07 bits per heavy atom. The van der Waals surface area contributed by atoms with Crippen LogP contribution in [0.5, 0.6) is 0 Å². The first kappa shape index (κ1) is 10.5. The summed E-state index contributed by atoms with van der Waals surface area (Å²) in [6.07, 6.45) is 3.55. The molecule has 0 aliphatic heterocycles. The van der Waals surface area contributed by atoms with Crippen molar-refractivity contribution in [2.45, 2.75) is 25.8 Å². The predicted octanol–water partition coefficient (Wildman–Crippen LogP) is 2.03. The Kier molecular flexibility index (Phi) is 3.27. The van der Waals surface area contributed by atoms with Crippen LogP contribution >= 0.6 is 11.6 Å². The maximum atomic E-state index is 11.0. The molecule has 0 atom stereocenters. The highest BCUT2D eigenvalue weighted by atomic mass is 35.5. The van der Waals surface area contributed by atoms with Crippen molar-refractivity contribution >= 4 is 17.5 Å². The fourth-order valence-corrected chi connectivity index (χ4v) is 2.20. The zero-order valence-electron chi connectivity index (χ0n) is 8.55. The Morgan fingerprint density at radius 2 is 2.27 bits per heavy atom. The van der Waals surface area contributed by atoms with E-state index in [2.05, 4.69) is 23.5 Å². The van der Waals surface area contributed by atoms with Gasteiger partial charge in [0.2, 0.25) is 5.91 Å². The molecule has 0 fully saturated rings. The summed E-state index contributed by atoms with van der Waals surface area (Å²) in [6.45, 7) is 0.606. The van der Waals surface area contributed by atoms with Gasteiger partial charge in [0.05, 0.1) is 0 Å². The van der Waals surface area contributed by atoms with E-state index in [1.54, 1.807) is 0 Å². The van der Waals surface area contributed by atoms with Crippen LogP contribution in [0.3, 0.4) is 0 Å². The van der Waals surface area contributed by atoms with Crippen molar-refractivity contribution in [2.24, 2.45) is 0 Å². The van der Waals surface area contributed by atoms with Gasteiger partial charge in [-0.2, -0.15) is 0 Å². The molecule has 1 amide bonds. The van der Waals surface area contributed by atoms with E-state index < -0.39 is 0 Å². The summed E-state index contributed by atoms with van der Waals surface area (Å²) in [5.74, 6) is -0.0677. The average Bonchev–Trinajstić information content (AvgIpc) is 2.74. The van der Waals surface area contributed by atoms with E-state index in [0.717, 1.165) is 6.42 Å². The zero-order chi connectivity index (χ0) is 10.7. The first-order valence-corrected chi connectivity index (χ1v) is 5.77. The van der Waals surface area contributed by atoms with E-state index in [-0.39, 0.29) is 11.8 Å². The lowest BCUT2D eigenvalue weighted by Gasteiger charge is -2.08. The van der Waals surface area contributed by atoms with Gasteiger partial charge in [-0.25, -0.2) is 0 Å². The molecule has 1 aromatic carbocycles. The summed E-state index contributed by atoms with van der Waals surface area (Å²) in [4.78, 5) is 11.0. The summed E-state index contributed by atoms with van der Waals surface area (Å²) in [6, 6.07) is 6.32. The molecule has 2 nitrogen and oxygen atoms in total. The molecule has 15 heavy (non-hydrogen) atoms. The van der Waals surface area contributed by atoms with Crippen LogP contribution in [-0.2, 0) is 24.2 Å². The highest BCUT2D eigenvalue weighted by Crippen LogP contribution is 2.24. The van der Waals surface area contributed by atoms with Crippen LogP contribution in [0.1, 0.15) is 23.1 Å². The van der Waals surface area contributed by atoms with Gasteiger partial charge in [-0.15, -0.1) is 11.6 Å². The van der Waals surface area contributed by atoms with Crippen LogP contribution in [0.15, 0.2) is 18.2 Å². The third-order valence-corrected chi connectivity index (χ3v) is 3.08. The summed E-state index contributed by atoms with van der Waals surface area (Å²) in [5, 5.41) is 2.81. The molecule has 1 aliphatic carbocycles. The third-order valence-electron chi connectivity index (χ3n) is 2.84. The van der Waals surface area contributed by atoms with Crippen molar-refractivity contribution in [1.82, 2.24) is 5.32 Å². The number of hydrogen-bond acceptors (Lipinski definition) is 1. The van der Waals surface area contributed by atoms with Gasteiger partial charge in [-0.05, 0) is 36.0 Å².